The standard InChI is InChI=1S/C13H13BrN2O2S/c1-9-7-11(5-6-13(9)14)16-19(17,18)12-4-2-3-10(15)8-12/h2-8,16H,15H2,1H3. The number of benzene rings is 2. The zero-order chi connectivity index (χ0) is 14.0. The van der Waals surface area contributed by atoms with Gasteiger partial charge >= 0.3 is 0 Å². The predicted molar refractivity (Wildman–Crippen MR) is 80.5 cm³/mol. The van der Waals surface area contributed by atoms with Crippen molar-refractivity contribution in [3.8, 4) is 0 Å². The lowest BCUT2D eigenvalue weighted by Gasteiger charge is -2.09. The molecular weight excluding hydrogens is 328 g/mol. The fraction of sp³-hybridized carbons (Fsp3) is 0.0769. The molecule has 0 heterocycles. The number of sulfonamides is 1. The maximum atomic E-state index is 12.2. The largest absolute Gasteiger partial charge is 0.399 e. The van der Waals surface area contributed by atoms with Crippen LogP contribution >= 0.6 is 15.9 Å². The van der Waals surface area contributed by atoms with Gasteiger partial charge in [-0.2, -0.15) is 0 Å². The van der Waals surface area contributed by atoms with Crippen LogP contribution in [0.15, 0.2) is 51.8 Å². The van der Waals surface area contributed by atoms with E-state index < -0.39 is 10.0 Å². The highest BCUT2D eigenvalue weighted by Crippen LogP contribution is 2.23. The molecule has 3 N–H and O–H groups in total. The maximum Gasteiger partial charge on any atom is 0.261 e. The predicted octanol–water partition coefficient (Wildman–Crippen LogP) is 3.14. The van der Waals surface area contributed by atoms with Gasteiger partial charge in [0, 0.05) is 15.8 Å². The molecule has 4 nitrogen and oxygen atoms in total. The van der Waals surface area contributed by atoms with Crippen molar-refractivity contribution < 1.29 is 8.42 Å². The third kappa shape index (κ3) is 3.27. The minimum Gasteiger partial charge on any atom is -0.399 e. The molecular formula is C13H13BrN2O2S. The van der Waals surface area contributed by atoms with Gasteiger partial charge in [-0.25, -0.2) is 8.42 Å². The van der Waals surface area contributed by atoms with Crippen LogP contribution in [0.3, 0.4) is 0 Å². The van der Waals surface area contributed by atoms with Crippen LogP contribution in [0.1, 0.15) is 5.56 Å². The van der Waals surface area contributed by atoms with Gasteiger partial charge in [0.1, 0.15) is 0 Å². The fourth-order valence-corrected chi connectivity index (χ4v) is 2.95. The van der Waals surface area contributed by atoms with E-state index in [-0.39, 0.29) is 4.90 Å². The van der Waals surface area contributed by atoms with Crippen LogP contribution in [0.5, 0.6) is 0 Å². The van der Waals surface area contributed by atoms with Crippen LogP contribution in [0.2, 0.25) is 0 Å². The van der Waals surface area contributed by atoms with Gasteiger partial charge in [0.15, 0.2) is 0 Å². The first kappa shape index (κ1) is 13.9. The maximum absolute atomic E-state index is 12.2. The van der Waals surface area contributed by atoms with E-state index in [1.165, 1.54) is 12.1 Å². The molecule has 0 aliphatic heterocycles. The average molecular weight is 341 g/mol. The van der Waals surface area contributed by atoms with Crippen LogP contribution in [0, 0.1) is 6.92 Å². The number of hydrogen-bond donors (Lipinski definition) is 2. The van der Waals surface area contributed by atoms with E-state index >= 15 is 0 Å². The first-order valence-corrected chi connectivity index (χ1v) is 7.80. The summed E-state index contributed by atoms with van der Waals surface area (Å²) in [6.45, 7) is 1.89. The molecule has 0 atom stereocenters. The van der Waals surface area contributed by atoms with E-state index in [4.69, 9.17) is 5.73 Å². The Balaban J connectivity index is 2.33. The molecule has 0 bridgehead atoms. The Labute approximate surface area is 120 Å². The van der Waals surface area contributed by atoms with E-state index in [1.807, 2.05) is 6.92 Å². The summed E-state index contributed by atoms with van der Waals surface area (Å²) in [6.07, 6.45) is 0. The minimum atomic E-state index is -3.61. The molecule has 0 aliphatic rings. The lowest BCUT2D eigenvalue weighted by atomic mass is 10.2. The quantitative estimate of drug-likeness (QED) is 0.843. The molecule has 100 valence electrons. The highest BCUT2D eigenvalue weighted by atomic mass is 79.9. The van der Waals surface area contributed by atoms with Crippen molar-refractivity contribution in [2.45, 2.75) is 11.8 Å². The third-order valence-corrected chi connectivity index (χ3v) is 4.85. The smallest absolute Gasteiger partial charge is 0.261 e. The summed E-state index contributed by atoms with van der Waals surface area (Å²) in [4.78, 5) is 0.146. The van der Waals surface area contributed by atoms with Crippen LogP contribution in [-0.4, -0.2) is 8.42 Å². The number of nitrogens with two attached hydrogens (primary N) is 1. The third-order valence-electron chi connectivity index (χ3n) is 2.58. The summed E-state index contributed by atoms with van der Waals surface area (Å²) in [5.41, 5.74) is 7.47. The highest BCUT2D eigenvalue weighted by molar-refractivity contribution is 9.10. The Kier molecular flexibility index (Phi) is 3.82. The molecule has 0 saturated heterocycles. The minimum absolute atomic E-state index is 0.146. The number of anilines is 2. The molecule has 0 amide bonds. The van der Waals surface area contributed by atoms with Gasteiger partial charge in [-0.05, 0) is 48.9 Å². The first-order chi connectivity index (χ1) is 8.88. The van der Waals surface area contributed by atoms with Crippen molar-refractivity contribution in [1.29, 1.82) is 0 Å². The second-order valence-electron chi connectivity index (χ2n) is 4.14. The number of hydrogen-bond acceptors (Lipinski definition) is 3. The van der Waals surface area contributed by atoms with Gasteiger partial charge in [0.05, 0.1) is 4.90 Å². The second-order valence-corrected chi connectivity index (χ2v) is 6.68. The Bertz CT molecular complexity index is 714. The summed E-state index contributed by atoms with van der Waals surface area (Å²) in [7, 11) is -3.61. The number of nitrogens with one attached hydrogen (secondary N) is 1. The number of nitrogen functional groups attached to an aromatic ring is 1. The monoisotopic (exact) mass is 340 g/mol. The van der Waals surface area contributed by atoms with Gasteiger partial charge in [-0.1, -0.05) is 22.0 Å². The molecule has 2 aromatic rings. The Morgan fingerprint density at radius 2 is 1.89 bits per heavy atom. The normalized spacial score (nSPS) is 11.3. The van der Waals surface area contributed by atoms with Gasteiger partial charge in [-0.15, -0.1) is 0 Å². The lowest BCUT2D eigenvalue weighted by molar-refractivity contribution is 0.601. The van der Waals surface area contributed by atoms with Gasteiger partial charge < -0.3 is 5.73 Å². The molecule has 19 heavy (non-hydrogen) atoms. The number of aryl methyl sites for hydroxylation is 1. The van der Waals surface area contributed by atoms with Crippen molar-refractivity contribution in [3.63, 3.8) is 0 Å². The van der Waals surface area contributed by atoms with E-state index in [0.717, 1.165) is 10.0 Å². The molecule has 0 spiro atoms. The van der Waals surface area contributed by atoms with Crippen molar-refractivity contribution in [2.24, 2.45) is 0 Å². The first-order valence-electron chi connectivity index (χ1n) is 5.53. The molecule has 2 aromatic carbocycles. The summed E-state index contributed by atoms with van der Waals surface area (Å²) in [5, 5.41) is 0. The lowest BCUT2D eigenvalue weighted by Crippen LogP contribution is -2.13. The molecule has 0 fully saturated rings. The molecule has 0 aromatic heterocycles. The van der Waals surface area contributed by atoms with E-state index in [1.54, 1.807) is 30.3 Å². The van der Waals surface area contributed by atoms with E-state index in [0.29, 0.717) is 11.4 Å². The van der Waals surface area contributed by atoms with Gasteiger partial charge in [0.2, 0.25) is 0 Å². The van der Waals surface area contributed by atoms with Crippen molar-refractivity contribution in [1.82, 2.24) is 0 Å². The zero-order valence-corrected chi connectivity index (χ0v) is 12.6. The van der Waals surface area contributed by atoms with Crippen molar-refractivity contribution >= 4 is 37.3 Å². The molecule has 0 radical (unpaired) electrons. The second kappa shape index (κ2) is 5.22. The highest BCUT2D eigenvalue weighted by Gasteiger charge is 2.14. The zero-order valence-electron chi connectivity index (χ0n) is 10.2. The van der Waals surface area contributed by atoms with Crippen LogP contribution in [-0.2, 0) is 10.0 Å². The Hall–Kier alpha value is -1.53. The van der Waals surface area contributed by atoms with Crippen molar-refractivity contribution in [3.05, 3.63) is 52.5 Å². The summed E-state index contributed by atoms with van der Waals surface area (Å²) < 4.78 is 27.8. The molecule has 0 unspecified atom stereocenters. The molecule has 0 saturated carbocycles. The Morgan fingerprint density at radius 1 is 1.16 bits per heavy atom. The van der Waals surface area contributed by atoms with Crippen LogP contribution < -0.4 is 10.5 Å². The van der Waals surface area contributed by atoms with E-state index in [2.05, 4.69) is 20.7 Å². The van der Waals surface area contributed by atoms with E-state index in [9.17, 15) is 8.42 Å². The summed E-state index contributed by atoms with van der Waals surface area (Å²) >= 11 is 3.37. The SMILES string of the molecule is Cc1cc(NS(=O)(=O)c2cccc(N)c2)ccc1Br. The van der Waals surface area contributed by atoms with Crippen LogP contribution in [0.4, 0.5) is 11.4 Å². The fourth-order valence-electron chi connectivity index (χ4n) is 1.60. The molecule has 0 aliphatic carbocycles. The average Bonchev–Trinajstić information content (AvgIpc) is 2.33. The molecule has 6 heteroatoms. The summed E-state index contributed by atoms with van der Waals surface area (Å²) in [6, 6.07) is 11.4. The van der Waals surface area contributed by atoms with Gasteiger partial charge in [-0.3, -0.25) is 4.72 Å². The number of rotatable bonds is 3. The van der Waals surface area contributed by atoms with Crippen LogP contribution in [0.25, 0.3) is 0 Å². The van der Waals surface area contributed by atoms with Gasteiger partial charge in [0.25, 0.3) is 10.0 Å². The Morgan fingerprint density at radius 3 is 2.53 bits per heavy atom. The number of halogens is 1. The van der Waals surface area contributed by atoms with Crippen molar-refractivity contribution in [2.75, 3.05) is 10.5 Å². The topological polar surface area (TPSA) is 72.2 Å². The summed E-state index contributed by atoms with van der Waals surface area (Å²) in [5.74, 6) is 0. The molecule has 2 rings (SSSR count).